The van der Waals surface area contributed by atoms with Crippen LogP contribution in [0, 0.1) is 0 Å². The summed E-state index contributed by atoms with van der Waals surface area (Å²) in [6.07, 6.45) is -3.78. The Morgan fingerprint density at radius 2 is 1.81 bits per heavy atom. The van der Waals surface area contributed by atoms with Crippen molar-refractivity contribution in [1.82, 2.24) is 4.98 Å². The molecule has 1 heterocycles. The second kappa shape index (κ2) is 7.03. The molecule has 3 rings (SSSR count). The van der Waals surface area contributed by atoms with Gasteiger partial charge in [-0.1, -0.05) is 12.1 Å². The highest BCUT2D eigenvalue weighted by Crippen LogP contribution is 2.31. The predicted molar refractivity (Wildman–Crippen MR) is 89.5 cm³/mol. The number of carbonyl (C=O) groups excluding carboxylic acids is 1. The van der Waals surface area contributed by atoms with Crippen molar-refractivity contribution in [2.24, 2.45) is 0 Å². The van der Waals surface area contributed by atoms with E-state index in [2.05, 4.69) is 4.98 Å². The lowest BCUT2D eigenvalue weighted by atomic mass is 10.1. The number of pyridine rings is 1. The lowest BCUT2D eigenvalue weighted by Crippen LogP contribution is -2.05. The zero-order valence-electron chi connectivity index (χ0n) is 13.7. The summed E-state index contributed by atoms with van der Waals surface area (Å²) >= 11 is 0. The Morgan fingerprint density at radius 1 is 1.08 bits per heavy atom. The number of methoxy groups -OCH3 is 1. The SMILES string of the molecule is COc1ccc2c(OCc3ccc(C(F)(F)F)cc3)cc(C=O)nc2c1. The maximum atomic E-state index is 12.6. The fourth-order valence-corrected chi connectivity index (χ4v) is 2.45. The number of carbonyl (C=O) groups is 1. The standard InChI is InChI=1S/C19H14F3NO3/c1-25-15-6-7-16-17(9-15)23-14(10-24)8-18(16)26-11-12-2-4-13(5-3-12)19(20,21)22/h2-10H,11H2,1H3. The van der Waals surface area contributed by atoms with Crippen LogP contribution in [0.3, 0.4) is 0 Å². The Hall–Kier alpha value is -3.09. The maximum Gasteiger partial charge on any atom is 0.416 e. The molecule has 0 saturated heterocycles. The Balaban J connectivity index is 1.87. The van der Waals surface area contributed by atoms with Crippen LogP contribution in [0.2, 0.25) is 0 Å². The van der Waals surface area contributed by atoms with E-state index < -0.39 is 11.7 Å². The summed E-state index contributed by atoms with van der Waals surface area (Å²) in [4.78, 5) is 15.3. The molecule has 7 heteroatoms. The molecule has 4 nitrogen and oxygen atoms in total. The minimum Gasteiger partial charge on any atom is -0.497 e. The molecule has 0 amide bonds. The van der Waals surface area contributed by atoms with Crippen LogP contribution >= 0.6 is 0 Å². The van der Waals surface area contributed by atoms with E-state index in [1.807, 2.05) is 0 Å². The Kier molecular flexibility index (Phi) is 4.79. The van der Waals surface area contributed by atoms with Crippen molar-refractivity contribution >= 4 is 17.2 Å². The zero-order valence-corrected chi connectivity index (χ0v) is 13.7. The largest absolute Gasteiger partial charge is 0.497 e. The molecule has 0 aliphatic rings. The molecule has 26 heavy (non-hydrogen) atoms. The number of fused-ring (bicyclic) bond motifs is 1. The molecule has 0 radical (unpaired) electrons. The summed E-state index contributed by atoms with van der Waals surface area (Å²) in [6.45, 7) is 0.0571. The van der Waals surface area contributed by atoms with E-state index in [9.17, 15) is 18.0 Å². The number of hydrogen-bond acceptors (Lipinski definition) is 4. The number of halogens is 3. The smallest absolute Gasteiger partial charge is 0.416 e. The van der Waals surface area contributed by atoms with Crippen LogP contribution < -0.4 is 9.47 Å². The fraction of sp³-hybridized carbons (Fsp3) is 0.158. The number of alkyl halides is 3. The number of aromatic nitrogens is 1. The molecule has 0 aliphatic heterocycles. The van der Waals surface area contributed by atoms with E-state index >= 15 is 0 Å². The van der Waals surface area contributed by atoms with Gasteiger partial charge < -0.3 is 9.47 Å². The van der Waals surface area contributed by atoms with Crippen molar-refractivity contribution in [3.63, 3.8) is 0 Å². The van der Waals surface area contributed by atoms with Crippen molar-refractivity contribution < 1.29 is 27.4 Å². The van der Waals surface area contributed by atoms with Crippen LogP contribution in [0.1, 0.15) is 21.6 Å². The lowest BCUT2D eigenvalue weighted by molar-refractivity contribution is -0.137. The summed E-state index contributed by atoms with van der Waals surface area (Å²) in [5, 5.41) is 0.670. The van der Waals surface area contributed by atoms with Gasteiger partial charge in [0, 0.05) is 17.5 Å². The molecular weight excluding hydrogens is 347 g/mol. The van der Waals surface area contributed by atoms with Gasteiger partial charge in [-0.05, 0) is 29.8 Å². The minimum atomic E-state index is -4.38. The molecular formula is C19H14F3NO3. The molecule has 0 saturated carbocycles. The van der Waals surface area contributed by atoms with Gasteiger partial charge in [0.2, 0.25) is 0 Å². The van der Waals surface area contributed by atoms with E-state index in [4.69, 9.17) is 9.47 Å². The van der Waals surface area contributed by atoms with Gasteiger partial charge in [0.25, 0.3) is 0 Å². The average molecular weight is 361 g/mol. The predicted octanol–water partition coefficient (Wildman–Crippen LogP) is 4.65. The van der Waals surface area contributed by atoms with Gasteiger partial charge in [-0.25, -0.2) is 4.98 Å². The van der Waals surface area contributed by atoms with Crippen LogP contribution in [0.4, 0.5) is 13.2 Å². The molecule has 2 aromatic carbocycles. The molecule has 0 aliphatic carbocycles. The monoisotopic (exact) mass is 361 g/mol. The third kappa shape index (κ3) is 3.77. The highest BCUT2D eigenvalue weighted by atomic mass is 19.4. The first kappa shape index (κ1) is 17.7. The summed E-state index contributed by atoms with van der Waals surface area (Å²) < 4.78 is 48.7. The number of benzene rings is 2. The number of rotatable bonds is 5. The Morgan fingerprint density at radius 3 is 2.42 bits per heavy atom. The summed E-state index contributed by atoms with van der Waals surface area (Å²) in [5.74, 6) is 1.00. The Bertz CT molecular complexity index is 937. The van der Waals surface area contributed by atoms with Crippen molar-refractivity contribution in [1.29, 1.82) is 0 Å². The topological polar surface area (TPSA) is 48.4 Å². The van der Waals surface area contributed by atoms with E-state index in [1.165, 1.54) is 25.3 Å². The molecule has 134 valence electrons. The highest BCUT2D eigenvalue weighted by molar-refractivity contribution is 5.89. The third-order valence-electron chi connectivity index (χ3n) is 3.80. The summed E-state index contributed by atoms with van der Waals surface area (Å²) in [7, 11) is 1.52. The van der Waals surface area contributed by atoms with Gasteiger partial charge in [0.1, 0.15) is 23.8 Å². The van der Waals surface area contributed by atoms with Crippen molar-refractivity contribution in [3.05, 3.63) is 65.4 Å². The van der Waals surface area contributed by atoms with Crippen molar-refractivity contribution in [3.8, 4) is 11.5 Å². The maximum absolute atomic E-state index is 12.6. The fourth-order valence-electron chi connectivity index (χ4n) is 2.45. The first-order chi connectivity index (χ1) is 12.4. The van der Waals surface area contributed by atoms with Gasteiger partial charge in [-0.2, -0.15) is 13.2 Å². The summed E-state index contributed by atoms with van der Waals surface area (Å²) in [6, 6.07) is 11.4. The van der Waals surface area contributed by atoms with Crippen molar-refractivity contribution in [2.75, 3.05) is 7.11 Å². The number of aldehydes is 1. The average Bonchev–Trinajstić information content (AvgIpc) is 2.64. The third-order valence-corrected chi connectivity index (χ3v) is 3.80. The minimum absolute atomic E-state index is 0.0571. The number of hydrogen-bond donors (Lipinski definition) is 0. The highest BCUT2D eigenvalue weighted by Gasteiger charge is 2.29. The molecule has 0 N–H and O–H groups in total. The van der Waals surface area contributed by atoms with Crippen molar-refractivity contribution in [2.45, 2.75) is 12.8 Å². The second-order valence-corrected chi connectivity index (χ2v) is 5.53. The molecule has 0 unspecified atom stereocenters. The van der Waals surface area contributed by atoms with Gasteiger partial charge >= 0.3 is 6.18 Å². The second-order valence-electron chi connectivity index (χ2n) is 5.53. The van der Waals surface area contributed by atoms with Crippen LogP contribution in [0.15, 0.2) is 48.5 Å². The summed E-state index contributed by atoms with van der Waals surface area (Å²) in [5.41, 5.74) is 0.569. The van der Waals surface area contributed by atoms with E-state index in [-0.39, 0.29) is 12.3 Å². The molecule has 0 bridgehead atoms. The zero-order chi connectivity index (χ0) is 18.7. The normalized spacial score (nSPS) is 11.4. The molecule has 0 fully saturated rings. The van der Waals surface area contributed by atoms with Gasteiger partial charge in [0.05, 0.1) is 18.2 Å². The van der Waals surface area contributed by atoms with Crippen LogP contribution in [0.25, 0.3) is 10.9 Å². The van der Waals surface area contributed by atoms with Crippen LogP contribution in [-0.2, 0) is 12.8 Å². The molecule has 3 aromatic rings. The van der Waals surface area contributed by atoms with Crippen LogP contribution in [-0.4, -0.2) is 18.4 Å². The molecule has 0 spiro atoms. The quantitative estimate of drug-likeness (QED) is 0.621. The first-order valence-corrected chi connectivity index (χ1v) is 7.63. The Labute approximate surface area is 147 Å². The number of ether oxygens (including phenoxy) is 2. The van der Waals surface area contributed by atoms with Gasteiger partial charge in [-0.3, -0.25) is 4.79 Å². The first-order valence-electron chi connectivity index (χ1n) is 7.63. The molecule has 1 aromatic heterocycles. The number of nitrogens with zero attached hydrogens (tertiary/aromatic N) is 1. The van der Waals surface area contributed by atoms with E-state index in [1.54, 1.807) is 18.2 Å². The van der Waals surface area contributed by atoms with Gasteiger partial charge in [-0.15, -0.1) is 0 Å². The van der Waals surface area contributed by atoms with Crippen LogP contribution in [0.5, 0.6) is 11.5 Å². The molecule has 0 atom stereocenters. The van der Waals surface area contributed by atoms with E-state index in [0.29, 0.717) is 34.3 Å². The van der Waals surface area contributed by atoms with E-state index in [0.717, 1.165) is 12.1 Å². The van der Waals surface area contributed by atoms with Gasteiger partial charge in [0.15, 0.2) is 6.29 Å². The lowest BCUT2D eigenvalue weighted by Gasteiger charge is -2.12.